The number of hydrogen-bond acceptors (Lipinski definition) is 3. The second-order valence-electron chi connectivity index (χ2n) is 3.73. The zero-order valence-electron chi connectivity index (χ0n) is 9.95. The summed E-state index contributed by atoms with van der Waals surface area (Å²) in [7, 11) is 0. The zero-order valence-corrected chi connectivity index (χ0v) is 9.95. The minimum atomic E-state index is 0.242. The molecule has 3 heteroatoms. The molecule has 0 spiro atoms. The Kier molecular flexibility index (Phi) is 6.61. The highest BCUT2D eigenvalue weighted by Gasteiger charge is 2.05. The van der Waals surface area contributed by atoms with E-state index in [0.717, 1.165) is 38.4 Å². The van der Waals surface area contributed by atoms with Crippen LogP contribution < -0.4 is 5.32 Å². The summed E-state index contributed by atoms with van der Waals surface area (Å²) >= 11 is 0. The highest BCUT2D eigenvalue weighted by Crippen LogP contribution is 2.11. The van der Waals surface area contributed by atoms with Gasteiger partial charge in [0.05, 0.1) is 18.9 Å². The van der Waals surface area contributed by atoms with Crippen molar-refractivity contribution in [2.45, 2.75) is 25.8 Å². The van der Waals surface area contributed by atoms with Gasteiger partial charge >= 0.3 is 0 Å². The van der Waals surface area contributed by atoms with Crippen LogP contribution in [0.1, 0.15) is 31.6 Å². The van der Waals surface area contributed by atoms with Crippen LogP contribution in [-0.4, -0.2) is 19.8 Å². The van der Waals surface area contributed by atoms with Crippen LogP contribution in [0.25, 0.3) is 0 Å². The fourth-order valence-electron chi connectivity index (χ4n) is 1.42. The standard InChI is InChI=1S/C13H21NO2/c1-3-4-5-9-15-11-8-14-12(2)13-7-6-10-16-13/h3,6-7,10,12,14H,1,4-5,8-9,11H2,2H3. The van der Waals surface area contributed by atoms with Crippen LogP contribution in [-0.2, 0) is 4.74 Å². The molecule has 0 radical (unpaired) electrons. The molecule has 1 heterocycles. The van der Waals surface area contributed by atoms with Crippen LogP contribution >= 0.6 is 0 Å². The molecule has 1 aromatic rings. The lowest BCUT2D eigenvalue weighted by Gasteiger charge is -2.11. The summed E-state index contributed by atoms with van der Waals surface area (Å²) in [6, 6.07) is 4.12. The second-order valence-corrected chi connectivity index (χ2v) is 3.73. The molecule has 16 heavy (non-hydrogen) atoms. The van der Waals surface area contributed by atoms with E-state index in [1.807, 2.05) is 18.2 Å². The van der Waals surface area contributed by atoms with Gasteiger partial charge < -0.3 is 14.5 Å². The smallest absolute Gasteiger partial charge is 0.120 e. The number of nitrogens with one attached hydrogen (secondary N) is 1. The number of unbranched alkanes of at least 4 members (excludes halogenated alkanes) is 1. The molecule has 1 unspecified atom stereocenters. The minimum Gasteiger partial charge on any atom is -0.468 e. The lowest BCUT2D eigenvalue weighted by molar-refractivity contribution is 0.131. The van der Waals surface area contributed by atoms with Crippen molar-refractivity contribution in [3.63, 3.8) is 0 Å². The molecule has 0 bridgehead atoms. The van der Waals surface area contributed by atoms with Gasteiger partial charge in [-0.3, -0.25) is 0 Å². The summed E-state index contributed by atoms with van der Waals surface area (Å²) in [5.74, 6) is 0.964. The molecule has 0 saturated carbocycles. The fraction of sp³-hybridized carbons (Fsp3) is 0.538. The lowest BCUT2D eigenvalue weighted by Crippen LogP contribution is -2.23. The molecule has 0 aliphatic heterocycles. The molecular formula is C13H21NO2. The van der Waals surface area contributed by atoms with Gasteiger partial charge in [-0.15, -0.1) is 6.58 Å². The number of furan rings is 1. The largest absolute Gasteiger partial charge is 0.468 e. The van der Waals surface area contributed by atoms with Crippen LogP contribution in [0, 0.1) is 0 Å². The SMILES string of the molecule is C=CCCCOCCNC(C)c1ccco1. The predicted octanol–water partition coefficient (Wildman–Crippen LogP) is 2.91. The summed E-state index contributed by atoms with van der Waals surface area (Å²) in [5.41, 5.74) is 0. The van der Waals surface area contributed by atoms with Gasteiger partial charge in [-0.25, -0.2) is 0 Å². The third-order valence-electron chi connectivity index (χ3n) is 2.36. The van der Waals surface area contributed by atoms with Crippen molar-refractivity contribution in [3.05, 3.63) is 36.8 Å². The van der Waals surface area contributed by atoms with E-state index < -0.39 is 0 Å². The van der Waals surface area contributed by atoms with Crippen LogP contribution in [0.2, 0.25) is 0 Å². The molecule has 0 aromatic carbocycles. The molecule has 0 aliphatic rings. The first-order valence-electron chi connectivity index (χ1n) is 5.80. The molecule has 0 aliphatic carbocycles. The van der Waals surface area contributed by atoms with Gasteiger partial charge in [-0.2, -0.15) is 0 Å². The first-order chi connectivity index (χ1) is 7.84. The van der Waals surface area contributed by atoms with Crippen LogP contribution in [0.15, 0.2) is 35.5 Å². The Morgan fingerprint density at radius 3 is 3.12 bits per heavy atom. The van der Waals surface area contributed by atoms with Gasteiger partial charge in [-0.1, -0.05) is 6.08 Å². The van der Waals surface area contributed by atoms with Crippen molar-refractivity contribution in [2.24, 2.45) is 0 Å². The fourth-order valence-corrected chi connectivity index (χ4v) is 1.42. The first kappa shape index (κ1) is 13.0. The van der Waals surface area contributed by atoms with Gasteiger partial charge in [0.25, 0.3) is 0 Å². The maximum atomic E-state index is 5.46. The van der Waals surface area contributed by atoms with Crippen molar-refractivity contribution >= 4 is 0 Å². The van der Waals surface area contributed by atoms with Crippen LogP contribution in [0.3, 0.4) is 0 Å². The monoisotopic (exact) mass is 223 g/mol. The lowest BCUT2D eigenvalue weighted by atomic mass is 10.2. The van der Waals surface area contributed by atoms with E-state index in [1.54, 1.807) is 6.26 Å². The van der Waals surface area contributed by atoms with E-state index in [0.29, 0.717) is 0 Å². The second kappa shape index (κ2) is 8.13. The van der Waals surface area contributed by atoms with E-state index in [2.05, 4.69) is 18.8 Å². The zero-order chi connectivity index (χ0) is 11.6. The number of allylic oxidation sites excluding steroid dienone is 1. The third-order valence-corrected chi connectivity index (χ3v) is 2.36. The first-order valence-corrected chi connectivity index (χ1v) is 5.80. The normalized spacial score (nSPS) is 12.6. The Hall–Kier alpha value is -1.06. The Morgan fingerprint density at radius 1 is 1.56 bits per heavy atom. The maximum absolute atomic E-state index is 5.46. The van der Waals surface area contributed by atoms with Crippen LogP contribution in [0.4, 0.5) is 0 Å². The average molecular weight is 223 g/mol. The molecular weight excluding hydrogens is 202 g/mol. The minimum absolute atomic E-state index is 0.242. The van der Waals surface area contributed by atoms with Gasteiger partial charge in [0.1, 0.15) is 5.76 Å². The predicted molar refractivity (Wildman–Crippen MR) is 65.4 cm³/mol. The molecule has 0 fully saturated rings. The molecule has 0 amide bonds. The highest BCUT2D eigenvalue weighted by atomic mass is 16.5. The van der Waals surface area contributed by atoms with E-state index in [9.17, 15) is 0 Å². The van der Waals surface area contributed by atoms with Gasteiger partial charge in [0.15, 0.2) is 0 Å². The van der Waals surface area contributed by atoms with Crippen LogP contribution in [0.5, 0.6) is 0 Å². The summed E-state index contributed by atoms with van der Waals surface area (Å²) in [4.78, 5) is 0. The Bertz CT molecular complexity index is 269. The highest BCUT2D eigenvalue weighted by molar-refractivity contribution is 5.02. The number of rotatable bonds is 9. The Labute approximate surface area is 97.5 Å². The molecule has 1 aromatic heterocycles. The number of hydrogen-bond donors (Lipinski definition) is 1. The summed E-state index contributed by atoms with van der Waals surface area (Å²) in [6.07, 6.45) is 5.69. The van der Waals surface area contributed by atoms with Crippen molar-refractivity contribution in [1.82, 2.24) is 5.32 Å². The van der Waals surface area contributed by atoms with Crippen molar-refractivity contribution in [1.29, 1.82) is 0 Å². The van der Waals surface area contributed by atoms with Gasteiger partial charge in [0, 0.05) is 13.2 Å². The summed E-state index contributed by atoms with van der Waals surface area (Å²) in [5, 5.41) is 3.34. The molecule has 1 atom stereocenters. The van der Waals surface area contributed by atoms with E-state index >= 15 is 0 Å². The summed E-state index contributed by atoms with van der Waals surface area (Å²) in [6.45, 7) is 8.14. The van der Waals surface area contributed by atoms with Crippen molar-refractivity contribution in [2.75, 3.05) is 19.8 Å². The van der Waals surface area contributed by atoms with Gasteiger partial charge in [0.2, 0.25) is 0 Å². The Balaban J connectivity index is 1.97. The molecule has 1 N–H and O–H groups in total. The van der Waals surface area contributed by atoms with Crippen molar-refractivity contribution < 1.29 is 9.15 Å². The maximum Gasteiger partial charge on any atom is 0.120 e. The summed E-state index contributed by atoms with van der Waals surface area (Å²) < 4.78 is 10.8. The quantitative estimate of drug-likeness (QED) is 0.516. The van der Waals surface area contributed by atoms with E-state index in [4.69, 9.17) is 9.15 Å². The molecule has 1 rings (SSSR count). The molecule has 3 nitrogen and oxygen atoms in total. The van der Waals surface area contributed by atoms with E-state index in [-0.39, 0.29) is 6.04 Å². The molecule has 90 valence electrons. The Morgan fingerprint density at radius 2 is 2.44 bits per heavy atom. The molecule has 0 saturated heterocycles. The van der Waals surface area contributed by atoms with Gasteiger partial charge in [-0.05, 0) is 31.9 Å². The average Bonchev–Trinajstić information content (AvgIpc) is 2.81. The number of ether oxygens (including phenoxy) is 1. The van der Waals surface area contributed by atoms with E-state index in [1.165, 1.54) is 0 Å². The van der Waals surface area contributed by atoms with Crippen molar-refractivity contribution in [3.8, 4) is 0 Å². The topological polar surface area (TPSA) is 34.4 Å². The third kappa shape index (κ3) is 5.14.